The number of nitrogens with zero attached hydrogens (tertiary/aromatic N) is 1. The number of anilines is 1. The summed E-state index contributed by atoms with van der Waals surface area (Å²) in [5, 5.41) is 3.64. The highest BCUT2D eigenvalue weighted by Crippen LogP contribution is 2.32. The predicted octanol–water partition coefficient (Wildman–Crippen LogP) is 3.04. The van der Waals surface area contributed by atoms with Gasteiger partial charge in [0.15, 0.2) is 0 Å². The molecule has 1 saturated heterocycles. The van der Waals surface area contributed by atoms with Gasteiger partial charge >= 0.3 is 0 Å². The zero-order chi connectivity index (χ0) is 13.2. The molecule has 1 aliphatic heterocycles. The molecule has 0 bridgehead atoms. The molecule has 1 saturated carbocycles. The monoisotopic (exact) mass is 324 g/mol. The molecule has 0 spiro atoms. The molecule has 3 nitrogen and oxygen atoms in total. The first-order valence-corrected chi connectivity index (χ1v) is 7.87. The standard InChI is InChI=1S/C15H21BrN2O/c1-19-15-8-13(4-5-14(15)16)18-7-6-11(10-18)9-17-12-2-3-12/h4-5,8,11-12,17H,2-3,6-7,9-10H2,1H3. The Kier molecular flexibility index (Phi) is 3.99. The summed E-state index contributed by atoms with van der Waals surface area (Å²) in [6, 6.07) is 7.19. The molecule has 2 fully saturated rings. The van der Waals surface area contributed by atoms with Crippen LogP contribution in [0.5, 0.6) is 5.75 Å². The molecular formula is C15H21BrN2O. The molecule has 0 aromatic heterocycles. The van der Waals surface area contributed by atoms with Gasteiger partial charge in [0.05, 0.1) is 11.6 Å². The summed E-state index contributed by atoms with van der Waals surface area (Å²) in [7, 11) is 1.72. The third-order valence-corrected chi connectivity index (χ3v) is 4.71. The summed E-state index contributed by atoms with van der Waals surface area (Å²) in [6.45, 7) is 3.49. The largest absolute Gasteiger partial charge is 0.495 e. The maximum atomic E-state index is 5.37. The predicted molar refractivity (Wildman–Crippen MR) is 82.0 cm³/mol. The van der Waals surface area contributed by atoms with Crippen LogP contribution >= 0.6 is 15.9 Å². The van der Waals surface area contributed by atoms with Crippen LogP contribution < -0.4 is 15.0 Å². The topological polar surface area (TPSA) is 24.5 Å². The van der Waals surface area contributed by atoms with Gasteiger partial charge in [0.2, 0.25) is 0 Å². The molecule has 1 N–H and O–H groups in total. The van der Waals surface area contributed by atoms with E-state index in [1.807, 2.05) is 0 Å². The second-order valence-electron chi connectivity index (χ2n) is 5.60. The maximum Gasteiger partial charge on any atom is 0.135 e. The number of methoxy groups -OCH3 is 1. The van der Waals surface area contributed by atoms with Crippen molar-refractivity contribution in [3.8, 4) is 5.75 Å². The van der Waals surface area contributed by atoms with Crippen molar-refractivity contribution >= 4 is 21.6 Å². The Bertz CT molecular complexity index is 448. The van der Waals surface area contributed by atoms with Gasteiger partial charge in [-0.2, -0.15) is 0 Å². The quantitative estimate of drug-likeness (QED) is 0.901. The SMILES string of the molecule is COc1cc(N2CCC(CNC3CC3)C2)ccc1Br. The summed E-state index contributed by atoms with van der Waals surface area (Å²) in [4.78, 5) is 2.47. The molecule has 3 rings (SSSR count). The minimum absolute atomic E-state index is 0.787. The van der Waals surface area contributed by atoms with Gasteiger partial charge in [0.25, 0.3) is 0 Å². The lowest BCUT2D eigenvalue weighted by Gasteiger charge is -2.20. The zero-order valence-electron chi connectivity index (χ0n) is 11.4. The zero-order valence-corrected chi connectivity index (χ0v) is 12.9. The van der Waals surface area contributed by atoms with E-state index < -0.39 is 0 Å². The molecular weight excluding hydrogens is 304 g/mol. The van der Waals surface area contributed by atoms with Gasteiger partial charge in [-0.3, -0.25) is 0 Å². The first-order chi connectivity index (χ1) is 9.26. The summed E-state index contributed by atoms with van der Waals surface area (Å²) in [5.41, 5.74) is 1.27. The highest BCUT2D eigenvalue weighted by atomic mass is 79.9. The number of halogens is 1. The summed E-state index contributed by atoms with van der Waals surface area (Å²) >= 11 is 3.51. The van der Waals surface area contributed by atoms with Crippen molar-refractivity contribution in [2.75, 3.05) is 31.6 Å². The minimum atomic E-state index is 0.787. The number of hydrogen-bond donors (Lipinski definition) is 1. The van der Waals surface area contributed by atoms with E-state index in [1.54, 1.807) is 7.11 Å². The minimum Gasteiger partial charge on any atom is -0.495 e. The van der Waals surface area contributed by atoms with Crippen LogP contribution in [0.2, 0.25) is 0 Å². The van der Waals surface area contributed by atoms with Gasteiger partial charge in [-0.05, 0) is 59.8 Å². The average molecular weight is 325 g/mol. The van der Waals surface area contributed by atoms with Crippen molar-refractivity contribution in [3.63, 3.8) is 0 Å². The van der Waals surface area contributed by atoms with Crippen molar-refractivity contribution in [2.45, 2.75) is 25.3 Å². The van der Waals surface area contributed by atoms with E-state index in [0.29, 0.717) is 0 Å². The van der Waals surface area contributed by atoms with Crippen molar-refractivity contribution in [1.29, 1.82) is 0 Å². The van der Waals surface area contributed by atoms with E-state index in [4.69, 9.17) is 4.74 Å². The molecule has 1 aromatic carbocycles. The number of rotatable bonds is 5. The second-order valence-corrected chi connectivity index (χ2v) is 6.46. The molecule has 1 heterocycles. The van der Waals surface area contributed by atoms with Crippen LogP contribution in [0.4, 0.5) is 5.69 Å². The number of nitrogens with one attached hydrogen (secondary N) is 1. The normalized spacial score (nSPS) is 22.8. The van der Waals surface area contributed by atoms with Gasteiger partial charge in [0.1, 0.15) is 5.75 Å². The summed E-state index contributed by atoms with van der Waals surface area (Å²) in [6.07, 6.45) is 4.04. The lowest BCUT2D eigenvalue weighted by Crippen LogP contribution is -2.27. The molecule has 104 valence electrons. The maximum absolute atomic E-state index is 5.37. The van der Waals surface area contributed by atoms with Gasteiger partial charge in [-0.15, -0.1) is 0 Å². The fourth-order valence-electron chi connectivity index (χ4n) is 2.70. The third kappa shape index (κ3) is 3.23. The van der Waals surface area contributed by atoms with Crippen LogP contribution in [-0.4, -0.2) is 32.8 Å². The Morgan fingerprint density at radius 1 is 1.37 bits per heavy atom. The number of benzene rings is 1. The van der Waals surface area contributed by atoms with E-state index in [-0.39, 0.29) is 0 Å². The molecule has 4 heteroatoms. The second kappa shape index (κ2) is 5.71. The van der Waals surface area contributed by atoms with Crippen LogP contribution in [-0.2, 0) is 0 Å². The van der Waals surface area contributed by atoms with Crippen LogP contribution in [0.1, 0.15) is 19.3 Å². The molecule has 0 radical (unpaired) electrons. The van der Waals surface area contributed by atoms with Crippen molar-refractivity contribution in [1.82, 2.24) is 5.32 Å². The van der Waals surface area contributed by atoms with E-state index in [2.05, 4.69) is 44.3 Å². The van der Waals surface area contributed by atoms with Gasteiger partial charge in [-0.25, -0.2) is 0 Å². The van der Waals surface area contributed by atoms with E-state index >= 15 is 0 Å². The Hall–Kier alpha value is -0.740. The first kappa shape index (κ1) is 13.3. The van der Waals surface area contributed by atoms with Crippen molar-refractivity contribution < 1.29 is 4.74 Å². The van der Waals surface area contributed by atoms with E-state index in [1.165, 1.54) is 31.5 Å². The fraction of sp³-hybridized carbons (Fsp3) is 0.600. The Morgan fingerprint density at radius 3 is 2.95 bits per heavy atom. The molecule has 1 atom stereocenters. The molecule has 1 aromatic rings. The average Bonchev–Trinajstić information content (AvgIpc) is 3.14. The molecule has 1 aliphatic carbocycles. The van der Waals surface area contributed by atoms with Gasteiger partial charge in [0, 0.05) is 30.9 Å². The van der Waals surface area contributed by atoms with Crippen LogP contribution in [0.25, 0.3) is 0 Å². The van der Waals surface area contributed by atoms with Crippen LogP contribution in [0.3, 0.4) is 0 Å². The Balaban J connectivity index is 1.59. The highest BCUT2D eigenvalue weighted by molar-refractivity contribution is 9.10. The molecule has 0 amide bonds. The van der Waals surface area contributed by atoms with Crippen LogP contribution in [0, 0.1) is 5.92 Å². The third-order valence-electron chi connectivity index (χ3n) is 4.06. The number of ether oxygens (including phenoxy) is 1. The van der Waals surface area contributed by atoms with Gasteiger partial charge < -0.3 is 15.0 Å². The van der Waals surface area contributed by atoms with E-state index in [9.17, 15) is 0 Å². The molecule has 1 unspecified atom stereocenters. The summed E-state index contributed by atoms with van der Waals surface area (Å²) < 4.78 is 6.39. The van der Waals surface area contributed by atoms with Gasteiger partial charge in [-0.1, -0.05) is 0 Å². The van der Waals surface area contributed by atoms with Crippen molar-refractivity contribution in [2.24, 2.45) is 5.92 Å². The Labute approximate surface area is 123 Å². The fourth-order valence-corrected chi connectivity index (χ4v) is 3.11. The summed E-state index contributed by atoms with van der Waals surface area (Å²) in [5.74, 6) is 1.70. The first-order valence-electron chi connectivity index (χ1n) is 7.08. The van der Waals surface area contributed by atoms with E-state index in [0.717, 1.165) is 35.3 Å². The lowest BCUT2D eigenvalue weighted by atomic mass is 10.1. The molecule has 19 heavy (non-hydrogen) atoms. The molecule has 2 aliphatic rings. The smallest absolute Gasteiger partial charge is 0.135 e. The van der Waals surface area contributed by atoms with Crippen LogP contribution in [0.15, 0.2) is 22.7 Å². The highest BCUT2D eigenvalue weighted by Gasteiger charge is 2.26. The van der Waals surface area contributed by atoms with Crippen molar-refractivity contribution in [3.05, 3.63) is 22.7 Å². The lowest BCUT2D eigenvalue weighted by molar-refractivity contribution is 0.412. The Morgan fingerprint density at radius 2 is 2.21 bits per heavy atom. The number of hydrogen-bond acceptors (Lipinski definition) is 3.